The molecule has 1 saturated heterocycles. The highest BCUT2D eigenvalue weighted by Crippen LogP contribution is 2.29. The predicted molar refractivity (Wildman–Crippen MR) is 66.0 cm³/mol. The van der Waals surface area contributed by atoms with Crippen molar-refractivity contribution in [3.05, 3.63) is 0 Å². The molecule has 2 aliphatic rings. The largest absolute Gasteiger partial charge is 0.288 e. The summed E-state index contributed by atoms with van der Waals surface area (Å²) < 4.78 is 27.7. The molecule has 0 unspecified atom stereocenters. The Morgan fingerprint density at radius 3 is 2.69 bits per heavy atom. The monoisotopic (exact) mass is 265 g/mol. The van der Waals surface area contributed by atoms with E-state index in [4.69, 9.17) is 4.18 Å². The van der Waals surface area contributed by atoms with Gasteiger partial charge in [-0.05, 0) is 12.8 Å². The second-order valence-electron chi connectivity index (χ2n) is 4.54. The third-order valence-corrected chi connectivity index (χ3v) is 4.80. The van der Waals surface area contributed by atoms with E-state index < -0.39 is 10.1 Å². The van der Waals surface area contributed by atoms with Gasteiger partial charge in [-0.3, -0.25) is 9.08 Å². The van der Waals surface area contributed by atoms with Crippen molar-refractivity contribution in [2.75, 3.05) is 24.4 Å². The van der Waals surface area contributed by atoms with Gasteiger partial charge in [0.2, 0.25) is 0 Å². The molecule has 2 fully saturated rings. The molecule has 0 bridgehead atoms. The summed E-state index contributed by atoms with van der Waals surface area (Å²) in [5.41, 5.74) is 0. The lowest BCUT2D eigenvalue weighted by molar-refractivity contribution is 0.0577. The maximum absolute atomic E-state index is 11.2. The van der Waals surface area contributed by atoms with E-state index in [1.165, 1.54) is 6.42 Å². The number of nitrogens with zero attached hydrogens (tertiary/aromatic N) is 1. The van der Waals surface area contributed by atoms with Gasteiger partial charge in [0.25, 0.3) is 10.1 Å². The molecule has 2 atom stereocenters. The van der Waals surface area contributed by atoms with Crippen LogP contribution in [0.4, 0.5) is 0 Å². The summed E-state index contributed by atoms with van der Waals surface area (Å²) >= 11 is 1.92. The molecule has 0 amide bonds. The molecule has 1 aliphatic carbocycles. The van der Waals surface area contributed by atoms with Gasteiger partial charge in [0.15, 0.2) is 0 Å². The summed E-state index contributed by atoms with van der Waals surface area (Å²) in [6.45, 7) is 1.07. The Morgan fingerprint density at radius 1 is 1.31 bits per heavy atom. The number of rotatable bonds is 3. The average Bonchev–Trinajstić information content (AvgIpc) is 2.69. The third-order valence-electron chi connectivity index (χ3n) is 3.22. The lowest BCUT2D eigenvalue weighted by atomic mass is 9.92. The highest BCUT2D eigenvalue weighted by molar-refractivity contribution is 7.99. The van der Waals surface area contributed by atoms with Gasteiger partial charge in [0, 0.05) is 24.2 Å². The quantitative estimate of drug-likeness (QED) is 0.719. The van der Waals surface area contributed by atoms with E-state index >= 15 is 0 Å². The molecule has 1 aliphatic heterocycles. The molecular formula is C10H19NO3S2. The van der Waals surface area contributed by atoms with Crippen LogP contribution in [-0.2, 0) is 14.3 Å². The van der Waals surface area contributed by atoms with Crippen LogP contribution in [0.5, 0.6) is 0 Å². The summed E-state index contributed by atoms with van der Waals surface area (Å²) in [7, 11) is -3.32. The molecular weight excluding hydrogens is 246 g/mol. The van der Waals surface area contributed by atoms with E-state index in [0.29, 0.717) is 6.04 Å². The van der Waals surface area contributed by atoms with Crippen molar-refractivity contribution in [2.24, 2.45) is 0 Å². The second kappa shape index (κ2) is 5.25. The van der Waals surface area contributed by atoms with Crippen LogP contribution in [0.2, 0.25) is 0 Å². The van der Waals surface area contributed by atoms with Gasteiger partial charge in [-0.2, -0.15) is 8.42 Å². The van der Waals surface area contributed by atoms with Gasteiger partial charge in [-0.25, -0.2) is 0 Å². The van der Waals surface area contributed by atoms with Crippen LogP contribution < -0.4 is 0 Å². The molecule has 0 N–H and O–H groups in total. The van der Waals surface area contributed by atoms with Crippen molar-refractivity contribution < 1.29 is 12.6 Å². The molecule has 0 radical (unpaired) electrons. The zero-order chi connectivity index (χ0) is 11.6. The van der Waals surface area contributed by atoms with E-state index in [1.54, 1.807) is 0 Å². The van der Waals surface area contributed by atoms with Crippen LogP contribution in [-0.4, -0.2) is 49.9 Å². The number of thioether (sulfide) groups is 1. The zero-order valence-corrected chi connectivity index (χ0v) is 11.2. The first-order valence-corrected chi connectivity index (χ1v) is 8.73. The first-order chi connectivity index (χ1) is 7.56. The highest BCUT2D eigenvalue weighted by Gasteiger charge is 2.34. The molecule has 0 aromatic heterocycles. The van der Waals surface area contributed by atoms with Gasteiger partial charge in [-0.15, -0.1) is 11.8 Å². The first-order valence-electron chi connectivity index (χ1n) is 5.76. The summed E-state index contributed by atoms with van der Waals surface area (Å²) in [4.78, 5) is 2.37. The molecule has 1 saturated carbocycles. The van der Waals surface area contributed by atoms with Gasteiger partial charge >= 0.3 is 0 Å². The molecule has 16 heavy (non-hydrogen) atoms. The van der Waals surface area contributed by atoms with E-state index in [0.717, 1.165) is 43.7 Å². The Bertz CT molecular complexity index is 325. The Labute approximate surface area is 102 Å². The summed E-state index contributed by atoms with van der Waals surface area (Å²) in [5, 5.41) is 0. The van der Waals surface area contributed by atoms with Crippen LogP contribution >= 0.6 is 11.8 Å². The molecule has 6 heteroatoms. The van der Waals surface area contributed by atoms with E-state index in [9.17, 15) is 8.42 Å². The molecule has 1 heterocycles. The maximum atomic E-state index is 11.2. The van der Waals surface area contributed by atoms with Crippen LogP contribution in [0.15, 0.2) is 0 Å². The van der Waals surface area contributed by atoms with E-state index in [-0.39, 0.29) is 6.10 Å². The second-order valence-corrected chi connectivity index (χ2v) is 7.22. The lowest BCUT2D eigenvalue weighted by Crippen LogP contribution is -2.46. The molecule has 0 aromatic rings. The average molecular weight is 265 g/mol. The molecule has 0 spiro atoms. The molecule has 4 nitrogen and oxygen atoms in total. The van der Waals surface area contributed by atoms with Gasteiger partial charge in [0.1, 0.15) is 0 Å². The van der Waals surface area contributed by atoms with Crippen molar-refractivity contribution in [3.63, 3.8) is 0 Å². The normalized spacial score (nSPS) is 33.1. The number of hydrogen-bond donors (Lipinski definition) is 0. The van der Waals surface area contributed by atoms with Crippen molar-refractivity contribution in [3.8, 4) is 0 Å². The fraction of sp³-hybridized carbons (Fsp3) is 1.00. The smallest absolute Gasteiger partial charge is 0.264 e. The fourth-order valence-corrected chi connectivity index (χ4v) is 4.24. The van der Waals surface area contributed by atoms with Crippen LogP contribution in [0, 0.1) is 0 Å². The van der Waals surface area contributed by atoms with Crippen LogP contribution in [0.25, 0.3) is 0 Å². The minimum Gasteiger partial charge on any atom is -0.288 e. The van der Waals surface area contributed by atoms with Gasteiger partial charge in [0.05, 0.1) is 12.4 Å². The SMILES string of the molecule is CS(=O)(=O)O[C@H]1CCCC[C@@H]1N1CCSC1. The van der Waals surface area contributed by atoms with Crippen LogP contribution in [0.1, 0.15) is 25.7 Å². The zero-order valence-electron chi connectivity index (χ0n) is 9.59. The summed E-state index contributed by atoms with van der Waals surface area (Å²) in [6.07, 6.45) is 5.24. The van der Waals surface area contributed by atoms with Crippen molar-refractivity contribution in [2.45, 2.75) is 37.8 Å². The summed E-state index contributed by atoms with van der Waals surface area (Å²) in [5.74, 6) is 2.18. The Kier molecular flexibility index (Phi) is 4.15. The van der Waals surface area contributed by atoms with Crippen molar-refractivity contribution in [1.82, 2.24) is 4.90 Å². The van der Waals surface area contributed by atoms with E-state index in [1.807, 2.05) is 11.8 Å². The molecule has 94 valence electrons. The first kappa shape index (κ1) is 12.7. The highest BCUT2D eigenvalue weighted by atomic mass is 32.2. The van der Waals surface area contributed by atoms with Crippen LogP contribution in [0.3, 0.4) is 0 Å². The number of hydrogen-bond acceptors (Lipinski definition) is 5. The van der Waals surface area contributed by atoms with Crippen molar-refractivity contribution in [1.29, 1.82) is 0 Å². The third kappa shape index (κ3) is 3.35. The Morgan fingerprint density at radius 2 is 2.06 bits per heavy atom. The Hall–Kier alpha value is 0.220. The topological polar surface area (TPSA) is 46.6 Å². The van der Waals surface area contributed by atoms with Gasteiger partial charge in [-0.1, -0.05) is 12.8 Å². The molecule has 2 rings (SSSR count). The van der Waals surface area contributed by atoms with E-state index in [2.05, 4.69) is 4.90 Å². The standard InChI is InChI=1S/C10H19NO3S2/c1-16(12,13)14-10-5-3-2-4-9(10)11-6-7-15-8-11/h9-10H,2-8H2,1H3/t9-,10-/m0/s1. The Balaban J connectivity index is 2.01. The van der Waals surface area contributed by atoms with Gasteiger partial charge < -0.3 is 0 Å². The summed E-state index contributed by atoms with van der Waals surface area (Å²) in [6, 6.07) is 0.304. The lowest BCUT2D eigenvalue weighted by Gasteiger charge is -2.36. The fourth-order valence-electron chi connectivity index (χ4n) is 2.52. The predicted octanol–water partition coefficient (Wildman–Crippen LogP) is 1.28. The minimum absolute atomic E-state index is 0.123. The minimum atomic E-state index is -3.32. The van der Waals surface area contributed by atoms with Crippen molar-refractivity contribution >= 4 is 21.9 Å². The molecule has 0 aromatic carbocycles. The maximum Gasteiger partial charge on any atom is 0.264 e.